The van der Waals surface area contributed by atoms with Gasteiger partial charge in [0.15, 0.2) is 0 Å². The molecule has 0 spiro atoms. The summed E-state index contributed by atoms with van der Waals surface area (Å²) in [7, 11) is -2.44. The maximum absolute atomic E-state index is 12.9. The summed E-state index contributed by atoms with van der Waals surface area (Å²) in [4.78, 5) is 2.09. The second kappa shape index (κ2) is 7.51. The summed E-state index contributed by atoms with van der Waals surface area (Å²) in [5.41, 5.74) is 1.32. The molecule has 2 aromatic carbocycles. The number of ether oxygens (including phenoxy) is 2. The highest BCUT2D eigenvalue weighted by Crippen LogP contribution is 2.32. The van der Waals surface area contributed by atoms with Crippen molar-refractivity contribution >= 4 is 33.0 Å². The van der Waals surface area contributed by atoms with Crippen LogP contribution in [0.5, 0.6) is 5.75 Å². The second-order valence-corrected chi connectivity index (χ2v) is 7.60. The molecule has 2 aromatic rings. The fourth-order valence-corrected chi connectivity index (χ4v) is 4.21. The van der Waals surface area contributed by atoms with Crippen LogP contribution in [-0.2, 0) is 14.8 Å². The van der Waals surface area contributed by atoms with Gasteiger partial charge in [0.25, 0.3) is 10.0 Å². The summed E-state index contributed by atoms with van der Waals surface area (Å²) in [5, 5.41) is 0.322. The van der Waals surface area contributed by atoms with E-state index in [0.717, 1.165) is 5.69 Å². The maximum Gasteiger partial charge on any atom is 0.265 e. The molecular weight excluding hydrogens is 364 g/mol. The van der Waals surface area contributed by atoms with E-state index in [2.05, 4.69) is 9.62 Å². The normalized spacial score (nSPS) is 15.0. The highest BCUT2D eigenvalue weighted by Gasteiger charge is 2.23. The number of morpholine rings is 1. The Morgan fingerprint density at radius 3 is 2.60 bits per heavy atom. The minimum atomic E-state index is -3.86. The predicted octanol–water partition coefficient (Wildman–Crippen LogP) is 2.99. The van der Waals surface area contributed by atoms with Crippen LogP contribution in [0.1, 0.15) is 0 Å². The molecule has 134 valence electrons. The molecule has 1 N–H and O–H groups in total. The molecule has 0 radical (unpaired) electrons. The third-order valence-electron chi connectivity index (χ3n) is 3.92. The molecule has 8 heteroatoms. The molecular formula is C17H19ClN2O4S. The molecule has 0 bridgehead atoms. The van der Waals surface area contributed by atoms with Gasteiger partial charge in [0, 0.05) is 18.1 Å². The van der Waals surface area contributed by atoms with Crippen molar-refractivity contribution in [1.29, 1.82) is 0 Å². The first-order valence-electron chi connectivity index (χ1n) is 7.79. The van der Waals surface area contributed by atoms with Crippen molar-refractivity contribution < 1.29 is 17.9 Å². The molecule has 0 atom stereocenters. The Bertz CT molecular complexity index is 851. The van der Waals surface area contributed by atoms with Crippen LogP contribution < -0.4 is 14.4 Å². The zero-order chi connectivity index (χ0) is 17.9. The van der Waals surface area contributed by atoms with Gasteiger partial charge in [-0.05, 0) is 30.3 Å². The van der Waals surface area contributed by atoms with Crippen molar-refractivity contribution in [3.8, 4) is 5.75 Å². The zero-order valence-electron chi connectivity index (χ0n) is 13.7. The predicted molar refractivity (Wildman–Crippen MR) is 98.3 cm³/mol. The number of nitrogens with zero attached hydrogens (tertiary/aromatic N) is 1. The standard InChI is InChI=1S/C17H19ClN2O4S/c1-23-16-7-6-13(18)12-17(16)25(21,22)19-14-4-2-3-5-15(14)20-8-10-24-11-9-20/h2-7,12,19H,8-11H2,1H3. The van der Waals surface area contributed by atoms with Crippen LogP contribution in [0.2, 0.25) is 5.02 Å². The van der Waals surface area contributed by atoms with Crippen LogP contribution in [-0.4, -0.2) is 41.8 Å². The number of para-hydroxylation sites is 2. The third-order valence-corrected chi connectivity index (χ3v) is 5.54. The van der Waals surface area contributed by atoms with E-state index in [4.69, 9.17) is 21.1 Å². The molecule has 0 unspecified atom stereocenters. The summed E-state index contributed by atoms with van der Waals surface area (Å²) in [5.74, 6) is 0.237. The van der Waals surface area contributed by atoms with Crippen molar-refractivity contribution in [3.63, 3.8) is 0 Å². The lowest BCUT2D eigenvalue weighted by atomic mass is 10.2. The van der Waals surface area contributed by atoms with Gasteiger partial charge in [0.05, 0.1) is 31.7 Å². The van der Waals surface area contributed by atoms with Gasteiger partial charge in [0.1, 0.15) is 10.6 Å². The van der Waals surface area contributed by atoms with Crippen molar-refractivity contribution in [2.24, 2.45) is 0 Å². The van der Waals surface area contributed by atoms with Crippen LogP contribution in [0.3, 0.4) is 0 Å². The number of hydrogen-bond donors (Lipinski definition) is 1. The Balaban J connectivity index is 1.95. The Kier molecular flexibility index (Phi) is 5.36. The van der Waals surface area contributed by atoms with Crippen molar-refractivity contribution in [1.82, 2.24) is 0 Å². The van der Waals surface area contributed by atoms with Crippen LogP contribution in [0, 0.1) is 0 Å². The zero-order valence-corrected chi connectivity index (χ0v) is 15.3. The number of halogens is 1. The number of hydrogen-bond acceptors (Lipinski definition) is 5. The Morgan fingerprint density at radius 1 is 1.16 bits per heavy atom. The molecule has 0 aromatic heterocycles. The smallest absolute Gasteiger partial charge is 0.265 e. The van der Waals surface area contributed by atoms with E-state index in [0.29, 0.717) is 37.0 Å². The van der Waals surface area contributed by atoms with Gasteiger partial charge in [-0.2, -0.15) is 0 Å². The van der Waals surface area contributed by atoms with E-state index in [-0.39, 0.29) is 10.6 Å². The van der Waals surface area contributed by atoms with Crippen molar-refractivity contribution in [2.45, 2.75) is 4.90 Å². The van der Waals surface area contributed by atoms with Crippen LogP contribution in [0.25, 0.3) is 0 Å². The second-order valence-electron chi connectivity index (χ2n) is 5.52. The number of sulfonamides is 1. The number of nitrogens with one attached hydrogen (secondary N) is 1. The van der Waals surface area contributed by atoms with E-state index >= 15 is 0 Å². The first-order valence-corrected chi connectivity index (χ1v) is 9.65. The average molecular weight is 383 g/mol. The fraction of sp³-hybridized carbons (Fsp3) is 0.294. The molecule has 3 rings (SSSR count). The number of methoxy groups -OCH3 is 1. The van der Waals surface area contributed by atoms with Gasteiger partial charge in [-0.15, -0.1) is 0 Å². The topological polar surface area (TPSA) is 67.9 Å². The van der Waals surface area contributed by atoms with E-state index in [1.807, 2.05) is 12.1 Å². The summed E-state index contributed by atoms with van der Waals surface area (Å²) < 4.78 is 38.9. The fourth-order valence-electron chi connectivity index (χ4n) is 2.70. The lowest BCUT2D eigenvalue weighted by Gasteiger charge is -2.30. The van der Waals surface area contributed by atoms with Gasteiger partial charge in [0.2, 0.25) is 0 Å². The van der Waals surface area contributed by atoms with Gasteiger partial charge in [-0.25, -0.2) is 8.42 Å². The molecule has 1 aliphatic rings. The minimum absolute atomic E-state index is 0.000666. The lowest BCUT2D eigenvalue weighted by Crippen LogP contribution is -2.36. The largest absolute Gasteiger partial charge is 0.495 e. The average Bonchev–Trinajstić information content (AvgIpc) is 2.62. The third kappa shape index (κ3) is 4.00. The molecule has 25 heavy (non-hydrogen) atoms. The molecule has 1 fully saturated rings. The van der Waals surface area contributed by atoms with Crippen LogP contribution >= 0.6 is 11.6 Å². The van der Waals surface area contributed by atoms with Gasteiger partial charge >= 0.3 is 0 Å². The number of rotatable bonds is 5. The van der Waals surface area contributed by atoms with E-state index in [1.54, 1.807) is 18.2 Å². The summed E-state index contributed by atoms with van der Waals surface area (Å²) in [6, 6.07) is 11.8. The molecule has 1 aliphatic heterocycles. The van der Waals surface area contributed by atoms with Crippen LogP contribution in [0.4, 0.5) is 11.4 Å². The quantitative estimate of drug-likeness (QED) is 0.861. The van der Waals surface area contributed by atoms with Gasteiger partial charge in [-0.3, -0.25) is 4.72 Å². The molecule has 1 saturated heterocycles. The first kappa shape index (κ1) is 17.8. The molecule has 0 saturated carbocycles. The molecule has 1 heterocycles. The lowest BCUT2D eigenvalue weighted by molar-refractivity contribution is 0.123. The summed E-state index contributed by atoms with van der Waals surface area (Å²) in [6.45, 7) is 2.64. The molecule has 0 aliphatic carbocycles. The maximum atomic E-state index is 12.9. The van der Waals surface area contributed by atoms with E-state index < -0.39 is 10.0 Å². The minimum Gasteiger partial charge on any atom is -0.495 e. The summed E-state index contributed by atoms with van der Waals surface area (Å²) >= 11 is 5.97. The molecule has 0 amide bonds. The Hall–Kier alpha value is -1.96. The summed E-state index contributed by atoms with van der Waals surface area (Å²) in [6.07, 6.45) is 0. The first-order chi connectivity index (χ1) is 12.0. The highest BCUT2D eigenvalue weighted by molar-refractivity contribution is 7.92. The van der Waals surface area contributed by atoms with Gasteiger partial charge < -0.3 is 14.4 Å². The monoisotopic (exact) mass is 382 g/mol. The van der Waals surface area contributed by atoms with E-state index in [1.165, 1.54) is 19.2 Å². The van der Waals surface area contributed by atoms with Crippen molar-refractivity contribution in [3.05, 3.63) is 47.5 Å². The SMILES string of the molecule is COc1ccc(Cl)cc1S(=O)(=O)Nc1ccccc1N1CCOCC1. The van der Waals surface area contributed by atoms with E-state index in [9.17, 15) is 8.42 Å². The Labute approximate surface area is 152 Å². The van der Waals surface area contributed by atoms with Crippen molar-refractivity contribution in [2.75, 3.05) is 43.0 Å². The molecule has 6 nitrogen and oxygen atoms in total. The highest BCUT2D eigenvalue weighted by atomic mass is 35.5. The number of anilines is 2. The number of benzene rings is 2. The van der Waals surface area contributed by atoms with Crippen LogP contribution in [0.15, 0.2) is 47.4 Å². The van der Waals surface area contributed by atoms with Gasteiger partial charge in [-0.1, -0.05) is 23.7 Å². The Morgan fingerprint density at radius 2 is 1.88 bits per heavy atom.